The zero-order chi connectivity index (χ0) is 21.6. The number of nitrogens with one attached hydrogen (secondary N) is 1. The lowest BCUT2D eigenvalue weighted by molar-refractivity contribution is -0.137. The van der Waals surface area contributed by atoms with Crippen LogP contribution in [0.25, 0.3) is 0 Å². The Labute approximate surface area is 167 Å². The largest absolute Gasteiger partial charge is 0.495 e. The Morgan fingerprint density at radius 3 is 2.48 bits per heavy atom. The molecule has 2 aromatic rings. The second-order valence-corrected chi connectivity index (χ2v) is 6.74. The Balaban J connectivity index is 2.29. The number of carbonyl (C=O) groups is 1. The highest BCUT2D eigenvalue weighted by Crippen LogP contribution is 2.34. The van der Waals surface area contributed by atoms with Gasteiger partial charge in [-0.25, -0.2) is 0 Å². The van der Waals surface area contributed by atoms with E-state index in [0.717, 1.165) is 12.1 Å². The molecule has 0 fully saturated rings. The Morgan fingerprint density at radius 2 is 1.90 bits per heavy atom. The van der Waals surface area contributed by atoms with Gasteiger partial charge < -0.3 is 14.8 Å². The third-order valence-corrected chi connectivity index (χ3v) is 4.04. The van der Waals surface area contributed by atoms with E-state index >= 15 is 0 Å². The summed E-state index contributed by atoms with van der Waals surface area (Å²) in [6, 6.07) is 11.3. The van der Waals surface area contributed by atoms with Crippen LogP contribution in [0.15, 0.2) is 42.5 Å². The smallest absolute Gasteiger partial charge is 0.417 e. The number of rotatable bonds is 7. The number of nitriles is 1. The third-order valence-electron chi connectivity index (χ3n) is 4.04. The minimum absolute atomic E-state index is 0.0453. The molecule has 1 amide bonds. The summed E-state index contributed by atoms with van der Waals surface area (Å²) in [6.07, 6.45) is -5.46. The third kappa shape index (κ3) is 5.88. The molecule has 0 radical (unpaired) electrons. The molecule has 154 valence electrons. The molecule has 1 unspecified atom stereocenters. The molecule has 2 aromatic carbocycles. The van der Waals surface area contributed by atoms with Crippen LogP contribution in [-0.4, -0.2) is 19.1 Å². The number of anilines is 1. The molecule has 0 spiro atoms. The van der Waals surface area contributed by atoms with Crippen LogP contribution in [0.1, 0.15) is 31.4 Å². The first kappa shape index (κ1) is 22.1. The molecule has 0 aliphatic heterocycles. The van der Waals surface area contributed by atoms with Crippen LogP contribution in [0.5, 0.6) is 11.5 Å². The number of carbonyl (C=O) groups excluding carboxylic acids is 1. The second-order valence-electron chi connectivity index (χ2n) is 6.74. The second kappa shape index (κ2) is 9.32. The highest BCUT2D eigenvalue weighted by Gasteiger charge is 2.34. The van der Waals surface area contributed by atoms with Crippen LogP contribution in [0.2, 0.25) is 0 Å². The summed E-state index contributed by atoms with van der Waals surface area (Å²) in [5.41, 5.74) is -1.19. The van der Waals surface area contributed by atoms with E-state index in [2.05, 4.69) is 5.32 Å². The minimum Gasteiger partial charge on any atom is -0.495 e. The van der Waals surface area contributed by atoms with Crippen molar-refractivity contribution in [1.29, 1.82) is 5.26 Å². The number of hydrogen-bond donors (Lipinski definition) is 1. The molecule has 0 aliphatic carbocycles. The molecule has 0 saturated carbocycles. The number of nitrogens with zero attached hydrogens (tertiary/aromatic N) is 1. The van der Waals surface area contributed by atoms with Gasteiger partial charge >= 0.3 is 6.18 Å². The number of halogens is 3. The minimum atomic E-state index is -4.71. The van der Waals surface area contributed by atoms with E-state index in [1.54, 1.807) is 24.3 Å². The summed E-state index contributed by atoms with van der Waals surface area (Å²) in [7, 11) is 1.46. The maximum absolute atomic E-state index is 13.2. The van der Waals surface area contributed by atoms with Gasteiger partial charge in [0.1, 0.15) is 11.5 Å². The first-order valence-electron chi connectivity index (χ1n) is 8.87. The van der Waals surface area contributed by atoms with Gasteiger partial charge in [0.05, 0.1) is 30.0 Å². The highest BCUT2D eigenvalue weighted by atomic mass is 19.4. The lowest BCUT2D eigenvalue weighted by Gasteiger charge is -2.22. The molecule has 0 bridgehead atoms. The van der Waals surface area contributed by atoms with E-state index in [4.69, 9.17) is 14.7 Å². The van der Waals surface area contributed by atoms with Gasteiger partial charge in [-0.1, -0.05) is 26.0 Å². The molecule has 5 nitrogen and oxygen atoms in total. The molecule has 29 heavy (non-hydrogen) atoms. The van der Waals surface area contributed by atoms with Crippen LogP contribution < -0.4 is 14.8 Å². The highest BCUT2D eigenvalue weighted by molar-refractivity contribution is 5.95. The maximum atomic E-state index is 13.2. The standard InChI is InChI=1S/C21H21F3N2O3/c1-13(2)10-19(20(27)26-17-6-4-5-7-18(17)28-3)29-15-9-8-14(12-25)16(11-15)21(22,23)24/h4-9,11,13,19H,10H2,1-3H3,(H,26,27). The SMILES string of the molecule is COc1ccccc1NC(=O)C(CC(C)C)Oc1ccc(C#N)c(C(F)(F)F)c1. The van der Waals surface area contributed by atoms with Crippen LogP contribution in [0.3, 0.4) is 0 Å². The Morgan fingerprint density at radius 1 is 1.21 bits per heavy atom. The molecule has 8 heteroatoms. The molecule has 0 aromatic heterocycles. The summed E-state index contributed by atoms with van der Waals surface area (Å²) >= 11 is 0. The first-order chi connectivity index (χ1) is 13.7. The number of para-hydroxylation sites is 2. The fourth-order valence-corrected chi connectivity index (χ4v) is 2.69. The maximum Gasteiger partial charge on any atom is 0.417 e. The number of hydrogen-bond acceptors (Lipinski definition) is 4. The molecule has 1 atom stereocenters. The van der Waals surface area contributed by atoms with Crippen molar-refractivity contribution in [2.45, 2.75) is 32.5 Å². The quantitative estimate of drug-likeness (QED) is 0.701. The Hall–Kier alpha value is -3.21. The van der Waals surface area contributed by atoms with Gasteiger partial charge in [-0.05, 0) is 42.7 Å². The van der Waals surface area contributed by atoms with E-state index in [1.165, 1.54) is 19.2 Å². The predicted molar refractivity (Wildman–Crippen MR) is 102 cm³/mol. The lowest BCUT2D eigenvalue weighted by atomic mass is 10.0. The fraction of sp³-hybridized carbons (Fsp3) is 0.333. The van der Waals surface area contributed by atoms with Gasteiger partial charge in [0.25, 0.3) is 5.91 Å². The molecule has 1 N–H and O–H groups in total. The molecule has 2 rings (SSSR count). The van der Waals surface area contributed by atoms with Crippen LogP contribution >= 0.6 is 0 Å². The Kier molecular flexibility index (Phi) is 7.10. The van der Waals surface area contributed by atoms with Crippen molar-refractivity contribution >= 4 is 11.6 Å². The fourth-order valence-electron chi connectivity index (χ4n) is 2.69. The number of alkyl halides is 3. The number of benzene rings is 2. The average molecular weight is 406 g/mol. The van der Waals surface area contributed by atoms with Crippen LogP contribution in [-0.2, 0) is 11.0 Å². The Bertz CT molecular complexity index is 905. The first-order valence-corrected chi connectivity index (χ1v) is 8.87. The monoisotopic (exact) mass is 406 g/mol. The van der Waals surface area contributed by atoms with E-state index in [9.17, 15) is 18.0 Å². The van der Waals surface area contributed by atoms with E-state index < -0.39 is 29.3 Å². The molecule has 0 heterocycles. The van der Waals surface area contributed by atoms with Crippen molar-refractivity contribution in [3.05, 3.63) is 53.6 Å². The number of methoxy groups -OCH3 is 1. The summed E-state index contributed by atoms with van der Waals surface area (Å²) in [5.74, 6) is -0.163. The van der Waals surface area contributed by atoms with Gasteiger partial charge in [0, 0.05) is 0 Å². The predicted octanol–water partition coefficient (Wildman–Crippen LogP) is 5.02. The van der Waals surface area contributed by atoms with Gasteiger partial charge in [-0.15, -0.1) is 0 Å². The molecule has 0 saturated heterocycles. The van der Waals surface area contributed by atoms with Crippen molar-refractivity contribution in [3.8, 4) is 17.6 Å². The van der Waals surface area contributed by atoms with Crippen molar-refractivity contribution in [3.63, 3.8) is 0 Å². The molecular weight excluding hydrogens is 385 g/mol. The number of amides is 1. The van der Waals surface area contributed by atoms with Gasteiger partial charge in [-0.2, -0.15) is 18.4 Å². The van der Waals surface area contributed by atoms with Gasteiger partial charge in [0.15, 0.2) is 6.10 Å². The summed E-state index contributed by atoms with van der Waals surface area (Å²) in [4.78, 5) is 12.8. The summed E-state index contributed by atoms with van der Waals surface area (Å²) < 4.78 is 50.4. The van der Waals surface area contributed by atoms with Gasteiger partial charge in [-0.3, -0.25) is 4.79 Å². The van der Waals surface area contributed by atoms with Crippen LogP contribution in [0.4, 0.5) is 18.9 Å². The van der Waals surface area contributed by atoms with Crippen LogP contribution in [0, 0.1) is 17.2 Å². The van der Waals surface area contributed by atoms with Crippen molar-refractivity contribution in [2.24, 2.45) is 5.92 Å². The molecular formula is C21H21F3N2O3. The topological polar surface area (TPSA) is 71.3 Å². The van der Waals surface area contributed by atoms with E-state index in [1.807, 2.05) is 13.8 Å². The van der Waals surface area contributed by atoms with Crippen molar-refractivity contribution < 1.29 is 27.4 Å². The molecule has 0 aliphatic rings. The van der Waals surface area contributed by atoms with Crippen molar-refractivity contribution in [1.82, 2.24) is 0 Å². The lowest BCUT2D eigenvalue weighted by Crippen LogP contribution is -2.34. The summed E-state index contributed by atoms with van der Waals surface area (Å²) in [5, 5.41) is 11.6. The zero-order valence-corrected chi connectivity index (χ0v) is 16.2. The van der Waals surface area contributed by atoms with E-state index in [-0.39, 0.29) is 18.1 Å². The average Bonchev–Trinajstić information content (AvgIpc) is 2.66. The zero-order valence-electron chi connectivity index (χ0n) is 16.2. The summed E-state index contributed by atoms with van der Waals surface area (Å²) in [6.45, 7) is 3.74. The van der Waals surface area contributed by atoms with Gasteiger partial charge in [0.2, 0.25) is 0 Å². The normalized spacial score (nSPS) is 12.2. The van der Waals surface area contributed by atoms with Crippen molar-refractivity contribution in [2.75, 3.05) is 12.4 Å². The number of ether oxygens (including phenoxy) is 2. The van der Waals surface area contributed by atoms with E-state index in [0.29, 0.717) is 11.4 Å².